The smallest absolute Gasteiger partial charge is 0.249 e. The van der Waals surface area contributed by atoms with Gasteiger partial charge >= 0.3 is 0 Å². The predicted octanol–water partition coefficient (Wildman–Crippen LogP) is 1.89. The number of anilines is 1. The molecule has 2 aromatic rings. The molecule has 6 nitrogen and oxygen atoms in total. The van der Waals surface area contributed by atoms with Crippen LogP contribution in [-0.2, 0) is 23.1 Å². The molecule has 1 atom stereocenters. The van der Waals surface area contributed by atoms with E-state index in [0.717, 1.165) is 22.5 Å². The van der Waals surface area contributed by atoms with Gasteiger partial charge in [0.25, 0.3) is 0 Å². The van der Waals surface area contributed by atoms with E-state index >= 15 is 0 Å². The van der Waals surface area contributed by atoms with Crippen LogP contribution in [0.25, 0.3) is 0 Å². The van der Waals surface area contributed by atoms with Crippen molar-refractivity contribution >= 4 is 17.5 Å². The largest absolute Gasteiger partial charge is 0.344 e. The molecule has 1 saturated heterocycles. The second-order valence-corrected chi connectivity index (χ2v) is 6.61. The van der Waals surface area contributed by atoms with Crippen molar-refractivity contribution in [3.05, 3.63) is 47.3 Å². The molecule has 1 aliphatic rings. The maximum atomic E-state index is 12.6. The topological polar surface area (TPSA) is 67.2 Å². The molecule has 2 heterocycles. The maximum Gasteiger partial charge on any atom is 0.249 e. The van der Waals surface area contributed by atoms with Crippen LogP contribution in [-0.4, -0.2) is 34.2 Å². The monoisotopic (exact) mass is 340 g/mol. The minimum atomic E-state index is -0.427. The number of rotatable bonds is 5. The number of hydrogen-bond donors (Lipinski definition) is 1. The molecule has 1 N–H and O–H groups in total. The summed E-state index contributed by atoms with van der Waals surface area (Å²) in [6.07, 6.45) is 3.43. The summed E-state index contributed by atoms with van der Waals surface area (Å²) in [5.41, 5.74) is 4.18. The highest BCUT2D eigenvalue weighted by molar-refractivity contribution is 6.01. The molecule has 25 heavy (non-hydrogen) atoms. The third-order valence-electron chi connectivity index (χ3n) is 4.84. The van der Waals surface area contributed by atoms with Gasteiger partial charge in [-0.3, -0.25) is 14.3 Å². The van der Waals surface area contributed by atoms with Gasteiger partial charge < -0.3 is 10.2 Å². The highest BCUT2D eigenvalue weighted by atomic mass is 16.2. The lowest BCUT2D eigenvalue weighted by Gasteiger charge is -2.17. The summed E-state index contributed by atoms with van der Waals surface area (Å²) < 4.78 is 1.80. The summed E-state index contributed by atoms with van der Waals surface area (Å²) in [5.74, 6) is -0.123. The van der Waals surface area contributed by atoms with E-state index < -0.39 is 6.04 Å². The first-order valence-electron chi connectivity index (χ1n) is 8.60. The SMILES string of the molecule is Cc1ccc(N2CC[C@@H](NC(=O)CCc3cnn(C)c3C)C2=O)cc1. The van der Waals surface area contributed by atoms with Gasteiger partial charge in [-0.15, -0.1) is 0 Å². The van der Waals surface area contributed by atoms with E-state index in [1.807, 2.05) is 45.2 Å². The van der Waals surface area contributed by atoms with Crippen LogP contribution in [0.2, 0.25) is 0 Å². The highest BCUT2D eigenvalue weighted by Gasteiger charge is 2.33. The molecule has 0 radical (unpaired) electrons. The molecule has 0 unspecified atom stereocenters. The number of aryl methyl sites for hydroxylation is 3. The van der Waals surface area contributed by atoms with Crippen LogP contribution in [0.3, 0.4) is 0 Å². The van der Waals surface area contributed by atoms with Gasteiger partial charge in [0.2, 0.25) is 11.8 Å². The van der Waals surface area contributed by atoms with Crippen molar-refractivity contribution in [3.8, 4) is 0 Å². The van der Waals surface area contributed by atoms with Crippen LogP contribution in [0.1, 0.15) is 29.7 Å². The van der Waals surface area contributed by atoms with E-state index in [9.17, 15) is 9.59 Å². The Morgan fingerprint density at radius 3 is 2.64 bits per heavy atom. The Labute approximate surface area is 147 Å². The first kappa shape index (κ1) is 17.2. The van der Waals surface area contributed by atoms with Gasteiger partial charge in [-0.2, -0.15) is 5.10 Å². The zero-order chi connectivity index (χ0) is 18.0. The minimum Gasteiger partial charge on any atom is -0.344 e. The molecule has 1 aliphatic heterocycles. The average Bonchev–Trinajstić information content (AvgIpc) is 3.11. The van der Waals surface area contributed by atoms with Gasteiger partial charge in [-0.25, -0.2) is 0 Å². The van der Waals surface area contributed by atoms with Crippen LogP contribution >= 0.6 is 0 Å². The molecule has 3 rings (SSSR count). The fourth-order valence-corrected chi connectivity index (χ4v) is 3.10. The van der Waals surface area contributed by atoms with E-state index in [0.29, 0.717) is 25.8 Å². The van der Waals surface area contributed by atoms with E-state index in [1.54, 1.807) is 15.8 Å². The lowest BCUT2D eigenvalue weighted by atomic mass is 10.1. The van der Waals surface area contributed by atoms with Crippen molar-refractivity contribution in [1.29, 1.82) is 0 Å². The Hall–Kier alpha value is -2.63. The summed E-state index contributed by atoms with van der Waals surface area (Å²) in [4.78, 5) is 26.5. The summed E-state index contributed by atoms with van der Waals surface area (Å²) in [6.45, 7) is 4.64. The molecule has 0 aliphatic carbocycles. The fraction of sp³-hybridized carbons (Fsp3) is 0.421. The van der Waals surface area contributed by atoms with Gasteiger partial charge in [-0.1, -0.05) is 17.7 Å². The van der Waals surface area contributed by atoms with E-state index in [2.05, 4.69) is 10.4 Å². The normalized spacial score (nSPS) is 17.2. The van der Waals surface area contributed by atoms with E-state index in [-0.39, 0.29) is 11.8 Å². The first-order valence-corrected chi connectivity index (χ1v) is 8.60. The number of carbonyl (C=O) groups is 2. The lowest BCUT2D eigenvalue weighted by molar-refractivity contribution is -0.126. The number of hydrogen-bond acceptors (Lipinski definition) is 3. The molecule has 0 saturated carbocycles. The van der Waals surface area contributed by atoms with Crippen molar-refractivity contribution in [3.63, 3.8) is 0 Å². The third kappa shape index (κ3) is 3.73. The Morgan fingerprint density at radius 1 is 1.28 bits per heavy atom. The standard InChI is InChI=1S/C19H24N4O2/c1-13-4-7-16(8-5-13)23-11-10-17(19(23)25)21-18(24)9-6-15-12-20-22(3)14(15)2/h4-5,7-8,12,17H,6,9-11H2,1-3H3,(H,21,24)/t17-/m1/s1. The average molecular weight is 340 g/mol. The highest BCUT2D eigenvalue weighted by Crippen LogP contribution is 2.22. The molecule has 1 aromatic carbocycles. The number of carbonyl (C=O) groups excluding carboxylic acids is 2. The van der Waals surface area contributed by atoms with Crippen molar-refractivity contribution < 1.29 is 9.59 Å². The van der Waals surface area contributed by atoms with Crippen molar-refractivity contribution in [2.45, 2.75) is 39.2 Å². The predicted molar refractivity (Wildman–Crippen MR) is 96.3 cm³/mol. The van der Waals surface area contributed by atoms with Crippen LogP contribution in [0.15, 0.2) is 30.5 Å². The van der Waals surface area contributed by atoms with Crippen molar-refractivity contribution in [2.24, 2.45) is 7.05 Å². The van der Waals surface area contributed by atoms with Crippen molar-refractivity contribution in [1.82, 2.24) is 15.1 Å². The van der Waals surface area contributed by atoms with Crippen molar-refractivity contribution in [2.75, 3.05) is 11.4 Å². The van der Waals surface area contributed by atoms with Gasteiger partial charge in [0, 0.05) is 31.4 Å². The molecule has 2 amide bonds. The molecule has 132 valence electrons. The van der Waals surface area contributed by atoms with Crippen LogP contribution < -0.4 is 10.2 Å². The zero-order valence-electron chi connectivity index (χ0n) is 15.0. The molecule has 1 aromatic heterocycles. The van der Waals surface area contributed by atoms with Crippen LogP contribution in [0, 0.1) is 13.8 Å². The summed E-state index contributed by atoms with van der Waals surface area (Å²) in [7, 11) is 1.88. The van der Waals surface area contributed by atoms with Crippen LogP contribution in [0.4, 0.5) is 5.69 Å². The molecular formula is C19H24N4O2. The zero-order valence-corrected chi connectivity index (χ0v) is 15.0. The molecular weight excluding hydrogens is 316 g/mol. The number of nitrogens with one attached hydrogen (secondary N) is 1. The molecule has 0 bridgehead atoms. The first-order chi connectivity index (χ1) is 12.0. The molecule has 6 heteroatoms. The van der Waals surface area contributed by atoms with Crippen LogP contribution in [0.5, 0.6) is 0 Å². The number of benzene rings is 1. The van der Waals surface area contributed by atoms with Gasteiger partial charge in [-0.05, 0) is 44.4 Å². The Kier molecular flexibility index (Phi) is 4.88. The molecule has 1 fully saturated rings. The van der Waals surface area contributed by atoms with Gasteiger partial charge in [0.1, 0.15) is 6.04 Å². The van der Waals surface area contributed by atoms with E-state index in [1.165, 1.54) is 0 Å². The summed E-state index contributed by atoms with van der Waals surface area (Å²) >= 11 is 0. The molecule has 0 spiro atoms. The quantitative estimate of drug-likeness (QED) is 0.904. The maximum absolute atomic E-state index is 12.6. The minimum absolute atomic E-state index is 0.0326. The van der Waals surface area contributed by atoms with Gasteiger partial charge in [0.15, 0.2) is 0 Å². The Balaban J connectivity index is 1.54. The fourth-order valence-electron chi connectivity index (χ4n) is 3.10. The second kappa shape index (κ2) is 7.09. The Bertz CT molecular complexity index is 779. The summed E-state index contributed by atoms with van der Waals surface area (Å²) in [5, 5.41) is 7.06. The second-order valence-electron chi connectivity index (χ2n) is 6.61. The number of nitrogens with zero attached hydrogens (tertiary/aromatic N) is 3. The Morgan fingerprint density at radius 2 is 2.00 bits per heavy atom. The number of amides is 2. The van der Waals surface area contributed by atoms with Gasteiger partial charge in [0.05, 0.1) is 6.20 Å². The number of aromatic nitrogens is 2. The van der Waals surface area contributed by atoms with E-state index in [4.69, 9.17) is 0 Å². The summed E-state index contributed by atoms with van der Waals surface area (Å²) in [6, 6.07) is 7.45. The third-order valence-corrected chi connectivity index (χ3v) is 4.84. The lowest BCUT2D eigenvalue weighted by Crippen LogP contribution is -2.41.